The summed E-state index contributed by atoms with van der Waals surface area (Å²) in [5.74, 6) is 1.00. The van der Waals surface area contributed by atoms with Gasteiger partial charge in [0.05, 0.1) is 19.3 Å². The van der Waals surface area contributed by atoms with E-state index in [2.05, 4.69) is 25.4 Å². The van der Waals surface area contributed by atoms with Crippen LogP contribution in [0.2, 0.25) is 5.28 Å². The highest BCUT2D eigenvalue weighted by molar-refractivity contribution is 6.28. The summed E-state index contributed by atoms with van der Waals surface area (Å²) in [4.78, 5) is 11.9. The van der Waals surface area contributed by atoms with E-state index in [1.54, 1.807) is 12.3 Å². The molecule has 7 nitrogen and oxygen atoms in total. The van der Waals surface area contributed by atoms with Crippen LogP contribution in [0.15, 0.2) is 16.8 Å². The van der Waals surface area contributed by atoms with Gasteiger partial charge in [0, 0.05) is 6.07 Å². The fourth-order valence-electron chi connectivity index (χ4n) is 1.17. The predicted molar refractivity (Wildman–Crippen MR) is 64.5 cm³/mol. The molecular formula is C10H12ClN5O2. The Balaban J connectivity index is 2.00. The second kappa shape index (κ2) is 6.15. The molecule has 18 heavy (non-hydrogen) atoms. The quantitative estimate of drug-likeness (QED) is 0.857. The first-order valence-corrected chi connectivity index (χ1v) is 5.83. The third-order valence-corrected chi connectivity index (χ3v) is 2.10. The summed E-state index contributed by atoms with van der Waals surface area (Å²) in [5, 5.41) is 6.62. The molecule has 0 radical (unpaired) electrons. The van der Waals surface area contributed by atoms with Crippen LogP contribution in [0.4, 0.5) is 5.95 Å². The lowest BCUT2D eigenvalue weighted by atomic mass is 10.4. The average Bonchev–Trinajstić information content (AvgIpc) is 2.86. The smallest absolute Gasteiger partial charge is 0.322 e. The number of rotatable bonds is 6. The molecule has 0 atom stereocenters. The number of nitrogens with zero attached hydrogens (tertiary/aromatic N) is 4. The molecule has 1 N–H and O–H groups in total. The van der Waals surface area contributed by atoms with Crippen molar-refractivity contribution in [3.05, 3.63) is 23.3 Å². The Morgan fingerprint density at radius 1 is 1.39 bits per heavy atom. The third-order valence-electron chi connectivity index (χ3n) is 1.93. The van der Waals surface area contributed by atoms with Crippen molar-refractivity contribution in [1.82, 2.24) is 20.1 Å². The van der Waals surface area contributed by atoms with Crippen LogP contribution in [0.1, 0.15) is 19.1 Å². The van der Waals surface area contributed by atoms with Crippen molar-refractivity contribution in [2.45, 2.75) is 19.9 Å². The molecule has 0 amide bonds. The van der Waals surface area contributed by atoms with Crippen molar-refractivity contribution in [3.8, 4) is 6.01 Å². The maximum Gasteiger partial charge on any atom is 0.322 e. The van der Waals surface area contributed by atoms with Crippen LogP contribution in [0.25, 0.3) is 0 Å². The van der Waals surface area contributed by atoms with Gasteiger partial charge in [0.25, 0.3) is 0 Å². The number of aromatic nitrogens is 4. The van der Waals surface area contributed by atoms with Crippen LogP contribution >= 0.6 is 11.6 Å². The molecule has 0 aliphatic heterocycles. The minimum absolute atomic E-state index is 0.0798. The molecule has 2 rings (SSSR count). The normalized spacial score (nSPS) is 10.3. The summed E-state index contributed by atoms with van der Waals surface area (Å²) >= 11 is 5.77. The fourth-order valence-corrected chi connectivity index (χ4v) is 1.32. The maximum absolute atomic E-state index is 5.77. The number of hydrogen-bond acceptors (Lipinski definition) is 7. The zero-order valence-corrected chi connectivity index (χ0v) is 10.5. The van der Waals surface area contributed by atoms with Gasteiger partial charge in [-0.25, -0.2) is 0 Å². The summed E-state index contributed by atoms with van der Waals surface area (Å²) < 4.78 is 10.2. The molecule has 8 heteroatoms. The Hall–Kier alpha value is -1.89. The SMILES string of the molecule is CCCOc1nc(Cl)nc(NCc2ccno2)n1. The molecule has 0 saturated heterocycles. The molecule has 0 bridgehead atoms. The van der Waals surface area contributed by atoms with Gasteiger partial charge < -0.3 is 14.6 Å². The van der Waals surface area contributed by atoms with Gasteiger partial charge in [-0.3, -0.25) is 0 Å². The molecule has 2 aromatic heterocycles. The van der Waals surface area contributed by atoms with Crippen molar-refractivity contribution >= 4 is 17.5 Å². The predicted octanol–water partition coefficient (Wildman–Crippen LogP) is 1.91. The van der Waals surface area contributed by atoms with Crippen LogP contribution in [0, 0.1) is 0 Å². The second-order valence-corrected chi connectivity index (χ2v) is 3.73. The van der Waals surface area contributed by atoms with E-state index in [-0.39, 0.29) is 11.3 Å². The van der Waals surface area contributed by atoms with Crippen molar-refractivity contribution < 1.29 is 9.26 Å². The van der Waals surface area contributed by atoms with E-state index < -0.39 is 0 Å². The molecule has 0 unspecified atom stereocenters. The summed E-state index contributed by atoms with van der Waals surface area (Å²) in [6.45, 7) is 2.93. The van der Waals surface area contributed by atoms with Crippen LogP contribution in [-0.4, -0.2) is 26.7 Å². The minimum atomic E-state index is 0.0798. The third kappa shape index (κ3) is 3.56. The molecular weight excluding hydrogens is 258 g/mol. The lowest BCUT2D eigenvalue weighted by Gasteiger charge is -2.05. The minimum Gasteiger partial charge on any atom is -0.463 e. The Kier molecular flexibility index (Phi) is 4.30. The van der Waals surface area contributed by atoms with E-state index in [1.165, 1.54) is 0 Å². The molecule has 96 valence electrons. The highest BCUT2D eigenvalue weighted by Gasteiger charge is 2.06. The summed E-state index contributed by atoms with van der Waals surface area (Å²) in [7, 11) is 0. The van der Waals surface area contributed by atoms with Crippen LogP contribution in [0.5, 0.6) is 6.01 Å². The highest BCUT2D eigenvalue weighted by Crippen LogP contribution is 2.12. The first kappa shape index (κ1) is 12.6. The van der Waals surface area contributed by atoms with Gasteiger partial charge in [-0.1, -0.05) is 12.1 Å². The zero-order chi connectivity index (χ0) is 12.8. The molecule has 0 saturated carbocycles. The van der Waals surface area contributed by atoms with E-state index >= 15 is 0 Å². The van der Waals surface area contributed by atoms with E-state index in [9.17, 15) is 0 Å². The van der Waals surface area contributed by atoms with Crippen molar-refractivity contribution in [2.75, 3.05) is 11.9 Å². The monoisotopic (exact) mass is 269 g/mol. The molecule has 0 aromatic carbocycles. The lowest BCUT2D eigenvalue weighted by molar-refractivity contribution is 0.291. The number of hydrogen-bond donors (Lipinski definition) is 1. The maximum atomic E-state index is 5.77. The zero-order valence-electron chi connectivity index (χ0n) is 9.76. The van der Waals surface area contributed by atoms with Crippen LogP contribution in [0.3, 0.4) is 0 Å². The van der Waals surface area contributed by atoms with Crippen molar-refractivity contribution in [3.63, 3.8) is 0 Å². The van der Waals surface area contributed by atoms with Gasteiger partial charge in [0.1, 0.15) is 0 Å². The van der Waals surface area contributed by atoms with Crippen LogP contribution in [-0.2, 0) is 6.54 Å². The summed E-state index contributed by atoms with van der Waals surface area (Å²) in [6.07, 6.45) is 2.43. The number of ether oxygens (including phenoxy) is 1. The molecule has 0 spiro atoms. The topological polar surface area (TPSA) is 86.0 Å². The Morgan fingerprint density at radius 3 is 3.00 bits per heavy atom. The highest BCUT2D eigenvalue weighted by atomic mass is 35.5. The summed E-state index contributed by atoms with van der Waals surface area (Å²) in [5.41, 5.74) is 0. The van der Waals surface area contributed by atoms with Crippen molar-refractivity contribution in [1.29, 1.82) is 0 Å². The lowest BCUT2D eigenvalue weighted by Crippen LogP contribution is -2.07. The molecule has 0 fully saturated rings. The number of anilines is 1. The largest absolute Gasteiger partial charge is 0.463 e. The standard InChI is InChI=1S/C10H12ClN5O2/c1-2-5-17-10-15-8(11)14-9(16-10)12-6-7-3-4-13-18-7/h3-4H,2,5-6H2,1H3,(H,12,14,15,16). The second-order valence-electron chi connectivity index (χ2n) is 3.39. The fraction of sp³-hybridized carbons (Fsp3) is 0.400. The Labute approximate surface area is 109 Å². The van der Waals surface area contributed by atoms with Gasteiger partial charge in [-0.2, -0.15) is 15.0 Å². The molecule has 2 aromatic rings. The first-order valence-electron chi connectivity index (χ1n) is 5.45. The van der Waals surface area contributed by atoms with E-state index in [0.717, 1.165) is 6.42 Å². The first-order chi connectivity index (χ1) is 8.78. The summed E-state index contributed by atoms with van der Waals surface area (Å²) in [6, 6.07) is 1.95. The van der Waals surface area contributed by atoms with E-state index in [4.69, 9.17) is 20.9 Å². The Morgan fingerprint density at radius 2 is 2.28 bits per heavy atom. The van der Waals surface area contributed by atoms with Gasteiger partial charge in [0.2, 0.25) is 11.2 Å². The molecule has 0 aliphatic rings. The van der Waals surface area contributed by atoms with Gasteiger partial charge in [-0.15, -0.1) is 0 Å². The molecule has 2 heterocycles. The number of nitrogens with one attached hydrogen (secondary N) is 1. The van der Waals surface area contributed by atoms with E-state index in [1.807, 2.05) is 6.92 Å². The van der Waals surface area contributed by atoms with Crippen molar-refractivity contribution in [2.24, 2.45) is 0 Å². The van der Waals surface area contributed by atoms with Gasteiger partial charge in [0.15, 0.2) is 5.76 Å². The van der Waals surface area contributed by atoms with Gasteiger partial charge >= 0.3 is 6.01 Å². The van der Waals surface area contributed by atoms with Crippen LogP contribution < -0.4 is 10.1 Å². The average molecular weight is 270 g/mol. The van der Waals surface area contributed by atoms with Gasteiger partial charge in [-0.05, 0) is 18.0 Å². The molecule has 0 aliphatic carbocycles. The Bertz CT molecular complexity index is 491. The van der Waals surface area contributed by atoms with E-state index in [0.29, 0.717) is 24.9 Å². The number of halogens is 1.